The zero-order chi connectivity index (χ0) is 13.1. The molecule has 0 spiro atoms. The van der Waals surface area contributed by atoms with Gasteiger partial charge in [0.05, 0.1) is 0 Å². The van der Waals surface area contributed by atoms with E-state index >= 15 is 0 Å². The topological polar surface area (TPSA) is 78.4 Å². The van der Waals surface area contributed by atoms with E-state index in [1.165, 1.54) is 0 Å². The van der Waals surface area contributed by atoms with Crippen LogP contribution in [0.3, 0.4) is 0 Å². The fourth-order valence-electron chi connectivity index (χ4n) is 1.42. The highest BCUT2D eigenvalue weighted by atomic mass is 16.4. The van der Waals surface area contributed by atoms with Crippen LogP contribution in [0.15, 0.2) is 0 Å². The molecule has 0 heterocycles. The predicted molar refractivity (Wildman–Crippen MR) is 66.8 cm³/mol. The van der Waals surface area contributed by atoms with Crippen molar-refractivity contribution in [3.8, 4) is 0 Å². The molecule has 0 fully saturated rings. The smallest absolute Gasteiger partial charge is 0.303 e. The normalized spacial score (nSPS) is 12.1. The lowest BCUT2D eigenvalue weighted by Crippen LogP contribution is -2.35. The van der Waals surface area contributed by atoms with Gasteiger partial charge in [-0.3, -0.25) is 9.59 Å². The van der Waals surface area contributed by atoms with Gasteiger partial charge in [-0.05, 0) is 19.4 Å². The fourth-order valence-corrected chi connectivity index (χ4v) is 1.42. The molecule has 0 aromatic rings. The van der Waals surface area contributed by atoms with Crippen LogP contribution in [0.4, 0.5) is 0 Å². The van der Waals surface area contributed by atoms with Crippen molar-refractivity contribution in [2.45, 2.75) is 39.5 Å². The molecule has 0 saturated carbocycles. The van der Waals surface area contributed by atoms with Crippen LogP contribution in [0.5, 0.6) is 0 Å². The lowest BCUT2D eigenvalue weighted by molar-refractivity contribution is -0.137. The van der Waals surface area contributed by atoms with Crippen LogP contribution in [-0.4, -0.2) is 36.6 Å². The minimum atomic E-state index is -0.756. The number of carbonyl (C=O) groups excluding carboxylic acids is 1. The summed E-state index contributed by atoms with van der Waals surface area (Å²) >= 11 is 0. The zero-order valence-electron chi connectivity index (χ0n) is 10.8. The molecule has 17 heavy (non-hydrogen) atoms. The lowest BCUT2D eigenvalue weighted by Gasteiger charge is -2.12. The van der Waals surface area contributed by atoms with E-state index in [2.05, 4.69) is 10.6 Å². The molecular weight excluding hydrogens is 220 g/mol. The van der Waals surface area contributed by atoms with Crippen LogP contribution in [-0.2, 0) is 9.59 Å². The first-order valence-corrected chi connectivity index (χ1v) is 6.28. The van der Waals surface area contributed by atoms with Crippen LogP contribution >= 0.6 is 0 Å². The van der Waals surface area contributed by atoms with Crippen molar-refractivity contribution in [1.29, 1.82) is 0 Å². The zero-order valence-corrected chi connectivity index (χ0v) is 10.8. The Morgan fingerprint density at radius 1 is 1.24 bits per heavy atom. The number of amides is 1. The average Bonchev–Trinajstić information content (AvgIpc) is 2.29. The number of carbonyl (C=O) groups is 2. The summed E-state index contributed by atoms with van der Waals surface area (Å²) in [5.74, 6) is -0.716. The molecule has 0 aliphatic rings. The highest BCUT2D eigenvalue weighted by Gasteiger charge is 2.10. The van der Waals surface area contributed by atoms with Crippen LogP contribution in [0.1, 0.15) is 39.5 Å². The Kier molecular flexibility index (Phi) is 9.43. The first kappa shape index (κ1) is 15.9. The standard InChI is InChI=1S/C12H24N2O3/c1-3-13-9-10(2)12(17)14-8-6-4-5-7-11(15)16/h10,13H,3-9H2,1-2H3,(H,14,17)(H,15,16). The minimum Gasteiger partial charge on any atom is -0.481 e. The van der Waals surface area contributed by atoms with Gasteiger partial charge in [-0.25, -0.2) is 0 Å². The summed E-state index contributed by atoms with van der Waals surface area (Å²) in [5, 5.41) is 14.4. The number of carboxylic acids is 1. The number of rotatable bonds is 10. The third-order valence-corrected chi connectivity index (χ3v) is 2.51. The molecular formula is C12H24N2O3. The van der Waals surface area contributed by atoms with E-state index in [9.17, 15) is 9.59 Å². The SMILES string of the molecule is CCNCC(C)C(=O)NCCCCCC(=O)O. The third kappa shape index (κ3) is 9.81. The van der Waals surface area contributed by atoms with Crippen molar-refractivity contribution >= 4 is 11.9 Å². The Labute approximate surface area is 103 Å². The highest BCUT2D eigenvalue weighted by Crippen LogP contribution is 1.99. The molecule has 0 rings (SSSR count). The number of nitrogens with one attached hydrogen (secondary N) is 2. The van der Waals surface area contributed by atoms with E-state index in [1.807, 2.05) is 13.8 Å². The average molecular weight is 244 g/mol. The Bertz CT molecular complexity index is 232. The van der Waals surface area contributed by atoms with E-state index in [4.69, 9.17) is 5.11 Å². The molecule has 0 saturated heterocycles. The summed E-state index contributed by atoms with van der Waals surface area (Å²) in [6.07, 6.45) is 2.57. The second-order valence-electron chi connectivity index (χ2n) is 4.20. The van der Waals surface area contributed by atoms with E-state index in [0.717, 1.165) is 19.4 Å². The Morgan fingerprint density at radius 3 is 2.53 bits per heavy atom. The molecule has 1 amide bonds. The van der Waals surface area contributed by atoms with E-state index in [0.29, 0.717) is 19.5 Å². The van der Waals surface area contributed by atoms with E-state index in [-0.39, 0.29) is 18.2 Å². The van der Waals surface area contributed by atoms with Crippen molar-refractivity contribution in [3.63, 3.8) is 0 Å². The molecule has 0 aromatic carbocycles. The molecule has 5 nitrogen and oxygen atoms in total. The van der Waals surface area contributed by atoms with Gasteiger partial charge in [-0.15, -0.1) is 0 Å². The Hall–Kier alpha value is -1.10. The maximum atomic E-state index is 11.5. The molecule has 3 N–H and O–H groups in total. The second kappa shape index (κ2) is 10.1. The number of carboxylic acid groups (broad SMARTS) is 1. The van der Waals surface area contributed by atoms with Crippen LogP contribution in [0.2, 0.25) is 0 Å². The van der Waals surface area contributed by atoms with Crippen LogP contribution in [0, 0.1) is 5.92 Å². The second-order valence-corrected chi connectivity index (χ2v) is 4.20. The summed E-state index contributed by atoms with van der Waals surface area (Å²) in [7, 11) is 0. The number of aliphatic carboxylic acids is 1. The molecule has 0 aliphatic heterocycles. The molecule has 0 radical (unpaired) electrons. The molecule has 0 aliphatic carbocycles. The maximum absolute atomic E-state index is 11.5. The fraction of sp³-hybridized carbons (Fsp3) is 0.833. The van der Waals surface area contributed by atoms with Gasteiger partial charge in [0.1, 0.15) is 0 Å². The van der Waals surface area contributed by atoms with Crippen LogP contribution in [0.25, 0.3) is 0 Å². The molecule has 0 aromatic heterocycles. The summed E-state index contributed by atoms with van der Waals surface area (Å²) < 4.78 is 0. The largest absolute Gasteiger partial charge is 0.481 e. The molecule has 1 atom stereocenters. The van der Waals surface area contributed by atoms with Crippen molar-refractivity contribution in [2.24, 2.45) is 5.92 Å². The molecule has 100 valence electrons. The van der Waals surface area contributed by atoms with Gasteiger partial charge in [-0.2, -0.15) is 0 Å². The van der Waals surface area contributed by atoms with Crippen LogP contribution < -0.4 is 10.6 Å². The van der Waals surface area contributed by atoms with Crippen molar-refractivity contribution < 1.29 is 14.7 Å². The van der Waals surface area contributed by atoms with Gasteiger partial charge in [0.15, 0.2) is 0 Å². The van der Waals surface area contributed by atoms with Crippen molar-refractivity contribution in [1.82, 2.24) is 10.6 Å². The number of hydrogen-bond acceptors (Lipinski definition) is 3. The van der Waals surface area contributed by atoms with Gasteiger partial charge >= 0.3 is 5.97 Å². The Morgan fingerprint density at radius 2 is 1.94 bits per heavy atom. The third-order valence-electron chi connectivity index (χ3n) is 2.51. The number of unbranched alkanes of at least 4 members (excludes halogenated alkanes) is 2. The summed E-state index contributed by atoms with van der Waals surface area (Å²) in [6.45, 7) is 6.10. The predicted octanol–water partition coefficient (Wildman–Crippen LogP) is 0.993. The quantitative estimate of drug-likeness (QED) is 0.501. The summed E-state index contributed by atoms with van der Waals surface area (Å²) in [5.41, 5.74) is 0. The van der Waals surface area contributed by atoms with E-state index in [1.54, 1.807) is 0 Å². The minimum absolute atomic E-state index is 0.0195. The molecule has 5 heteroatoms. The maximum Gasteiger partial charge on any atom is 0.303 e. The number of hydrogen-bond donors (Lipinski definition) is 3. The van der Waals surface area contributed by atoms with E-state index < -0.39 is 5.97 Å². The van der Waals surface area contributed by atoms with Gasteiger partial charge < -0.3 is 15.7 Å². The summed E-state index contributed by atoms with van der Waals surface area (Å²) in [6, 6.07) is 0. The van der Waals surface area contributed by atoms with Crippen molar-refractivity contribution in [3.05, 3.63) is 0 Å². The Balaban J connectivity index is 3.41. The van der Waals surface area contributed by atoms with Gasteiger partial charge in [0, 0.05) is 25.4 Å². The first-order valence-electron chi connectivity index (χ1n) is 6.28. The molecule has 0 bridgehead atoms. The van der Waals surface area contributed by atoms with Gasteiger partial charge in [0.2, 0.25) is 5.91 Å². The van der Waals surface area contributed by atoms with Crippen molar-refractivity contribution in [2.75, 3.05) is 19.6 Å². The lowest BCUT2D eigenvalue weighted by atomic mass is 10.1. The first-order chi connectivity index (χ1) is 8.07. The monoisotopic (exact) mass is 244 g/mol. The summed E-state index contributed by atoms with van der Waals surface area (Å²) in [4.78, 5) is 21.8. The molecule has 1 unspecified atom stereocenters. The van der Waals surface area contributed by atoms with Gasteiger partial charge in [-0.1, -0.05) is 20.3 Å². The van der Waals surface area contributed by atoms with Gasteiger partial charge in [0.25, 0.3) is 0 Å². The highest BCUT2D eigenvalue weighted by molar-refractivity contribution is 5.78.